The highest BCUT2D eigenvalue weighted by Gasteiger charge is 2.19. The minimum Gasteiger partial charge on any atom is -0.480 e. The van der Waals surface area contributed by atoms with Crippen LogP contribution in [0.1, 0.15) is 44.2 Å². The van der Waals surface area contributed by atoms with Gasteiger partial charge in [0.05, 0.1) is 0 Å². The van der Waals surface area contributed by atoms with Crippen molar-refractivity contribution in [2.45, 2.75) is 46.1 Å². The first-order valence-corrected chi connectivity index (χ1v) is 6.76. The Morgan fingerprint density at radius 1 is 1.30 bits per heavy atom. The number of aryl methyl sites for hydroxylation is 1. The van der Waals surface area contributed by atoms with Crippen LogP contribution in [0.5, 0.6) is 0 Å². The Hall–Kier alpha value is -2.04. The fourth-order valence-electron chi connectivity index (χ4n) is 1.99. The molecule has 5 nitrogen and oxygen atoms in total. The number of hydrogen-bond acceptors (Lipinski definition) is 2. The Kier molecular flexibility index (Phi) is 5.55. The van der Waals surface area contributed by atoms with E-state index >= 15 is 0 Å². The van der Waals surface area contributed by atoms with Gasteiger partial charge in [0, 0.05) is 5.69 Å². The third kappa shape index (κ3) is 3.98. The number of carbonyl (C=O) groups is 2. The molecule has 1 rings (SSSR count). The van der Waals surface area contributed by atoms with E-state index in [0.29, 0.717) is 6.42 Å². The van der Waals surface area contributed by atoms with Crippen molar-refractivity contribution in [3.63, 3.8) is 0 Å². The third-order valence-corrected chi connectivity index (χ3v) is 3.18. The average molecular weight is 278 g/mol. The standard InChI is InChI=1S/C15H22N2O3/c1-5-12(14(18)19)16-15(20)17-13-10(4)7-6-8-11(13)9(2)3/h6-9,12H,5H2,1-4H3,(H,18,19)(H2,16,17,20)/t12-/m0/s1. The molecule has 0 fully saturated rings. The zero-order valence-corrected chi connectivity index (χ0v) is 12.4. The van der Waals surface area contributed by atoms with Crippen LogP contribution in [-0.2, 0) is 4.79 Å². The lowest BCUT2D eigenvalue weighted by Gasteiger charge is -2.18. The molecule has 2 amide bonds. The van der Waals surface area contributed by atoms with E-state index in [0.717, 1.165) is 16.8 Å². The van der Waals surface area contributed by atoms with Crippen molar-refractivity contribution in [3.05, 3.63) is 29.3 Å². The second kappa shape index (κ2) is 6.93. The number of nitrogens with one attached hydrogen (secondary N) is 2. The molecular formula is C15H22N2O3. The lowest BCUT2D eigenvalue weighted by Crippen LogP contribution is -2.42. The van der Waals surface area contributed by atoms with Gasteiger partial charge in [-0.3, -0.25) is 0 Å². The minimum atomic E-state index is -1.03. The molecule has 1 atom stereocenters. The van der Waals surface area contributed by atoms with Crippen LogP contribution in [0.2, 0.25) is 0 Å². The average Bonchev–Trinajstić information content (AvgIpc) is 2.37. The molecule has 0 aliphatic rings. The third-order valence-electron chi connectivity index (χ3n) is 3.18. The fourth-order valence-corrected chi connectivity index (χ4v) is 1.99. The van der Waals surface area contributed by atoms with Gasteiger partial charge < -0.3 is 15.7 Å². The smallest absolute Gasteiger partial charge is 0.326 e. The van der Waals surface area contributed by atoms with Gasteiger partial charge in [-0.2, -0.15) is 0 Å². The van der Waals surface area contributed by atoms with E-state index in [9.17, 15) is 9.59 Å². The van der Waals surface area contributed by atoms with Crippen molar-refractivity contribution in [2.75, 3.05) is 5.32 Å². The molecule has 0 aliphatic heterocycles. The van der Waals surface area contributed by atoms with E-state index in [4.69, 9.17) is 5.11 Å². The first-order valence-electron chi connectivity index (χ1n) is 6.76. The summed E-state index contributed by atoms with van der Waals surface area (Å²) < 4.78 is 0. The van der Waals surface area contributed by atoms with Crippen LogP contribution >= 0.6 is 0 Å². The number of carboxylic acid groups (broad SMARTS) is 1. The number of benzene rings is 1. The summed E-state index contributed by atoms with van der Waals surface area (Å²) in [5.74, 6) is -0.761. The number of urea groups is 1. The van der Waals surface area contributed by atoms with Crippen LogP contribution in [-0.4, -0.2) is 23.1 Å². The molecule has 0 spiro atoms. The number of carbonyl (C=O) groups excluding carboxylic acids is 1. The molecule has 1 aromatic carbocycles. The normalized spacial score (nSPS) is 12.1. The van der Waals surface area contributed by atoms with Crippen molar-refractivity contribution < 1.29 is 14.7 Å². The number of hydrogen-bond donors (Lipinski definition) is 3. The molecule has 1 aromatic rings. The summed E-state index contributed by atoms with van der Waals surface area (Å²) in [4.78, 5) is 22.8. The quantitative estimate of drug-likeness (QED) is 0.774. The van der Waals surface area contributed by atoms with Gasteiger partial charge in [-0.1, -0.05) is 39.0 Å². The van der Waals surface area contributed by atoms with Gasteiger partial charge in [0.1, 0.15) is 6.04 Å². The summed E-state index contributed by atoms with van der Waals surface area (Å²) in [6, 6.07) is 4.45. The summed E-state index contributed by atoms with van der Waals surface area (Å²) in [5, 5.41) is 14.2. The monoisotopic (exact) mass is 278 g/mol. The summed E-state index contributed by atoms with van der Waals surface area (Å²) in [5.41, 5.74) is 2.73. The van der Waals surface area contributed by atoms with E-state index in [-0.39, 0.29) is 5.92 Å². The molecule has 0 radical (unpaired) electrons. The highest BCUT2D eigenvalue weighted by molar-refractivity contribution is 5.93. The van der Waals surface area contributed by atoms with Crippen LogP contribution < -0.4 is 10.6 Å². The molecule has 20 heavy (non-hydrogen) atoms. The van der Waals surface area contributed by atoms with Gasteiger partial charge >= 0.3 is 12.0 Å². The topological polar surface area (TPSA) is 78.4 Å². The van der Waals surface area contributed by atoms with Crippen molar-refractivity contribution in [1.29, 1.82) is 0 Å². The van der Waals surface area contributed by atoms with Crippen LogP contribution in [0.15, 0.2) is 18.2 Å². The van der Waals surface area contributed by atoms with Gasteiger partial charge in [0.15, 0.2) is 0 Å². The Bertz CT molecular complexity index is 498. The Morgan fingerprint density at radius 2 is 1.95 bits per heavy atom. The minimum absolute atomic E-state index is 0.270. The predicted molar refractivity (Wildman–Crippen MR) is 79.1 cm³/mol. The molecule has 0 bridgehead atoms. The molecule has 3 N–H and O–H groups in total. The summed E-state index contributed by atoms with van der Waals surface area (Å²) >= 11 is 0. The molecule has 5 heteroatoms. The van der Waals surface area contributed by atoms with Crippen molar-refractivity contribution in [3.8, 4) is 0 Å². The molecular weight excluding hydrogens is 256 g/mol. The maximum Gasteiger partial charge on any atom is 0.326 e. The summed E-state index contributed by atoms with van der Waals surface area (Å²) in [6.45, 7) is 7.72. The van der Waals surface area contributed by atoms with Gasteiger partial charge in [-0.15, -0.1) is 0 Å². The number of para-hydroxylation sites is 1. The van der Waals surface area contributed by atoms with Crippen molar-refractivity contribution in [1.82, 2.24) is 5.32 Å². The lowest BCUT2D eigenvalue weighted by atomic mass is 9.98. The molecule has 110 valence electrons. The lowest BCUT2D eigenvalue weighted by molar-refractivity contribution is -0.139. The zero-order valence-electron chi connectivity index (χ0n) is 12.4. The van der Waals surface area contributed by atoms with E-state index in [1.54, 1.807) is 6.92 Å². The number of amides is 2. The number of aliphatic carboxylic acids is 1. The van der Waals surface area contributed by atoms with Gasteiger partial charge in [0.2, 0.25) is 0 Å². The second-order valence-electron chi connectivity index (χ2n) is 5.09. The molecule has 0 saturated heterocycles. The Balaban J connectivity index is 2.88. The highest BCUT2D eigenvalue weighted by Crippen LogP contribution is 2.27. The SMILES string of the molecule is CC[C@H](NC(=O)Nc1c(C)cccc1C(C)C)C(=O)O. The van der Waals surface area contributed by atoms with Gasteiger partial charge in [-0.25, -0.2) is 9.59 Å². The van der Waals surface area contributed by atoms with Crippen LogP contribution in [0.3, 0.4) is 0 Å². The molecule has 0 saturated carbocycles. The molecule has 0 aliphatic carbocycles. The predicted octanol–water partition coefficient (Wildman–Crippen LogP) is 3.10. The number of carboxylic acids is 1. The number of anilines is 1. The van der Waals surface area contributed by atoms with Crippen molar-refractivity contribution >= 4 is 17.7 Å². The summed E-state index contributed by atoms with van der Waals surface area (Å²) in [6.07, 6.45) is 0.341. The Morgan fingerprint density at radius 3 is 2.45 bits per heavy atom. The number of rotatable bonds is 5. The maximum atomic E-state index is 11.9. The van der Waals surface area contributed by atoms with Gasteiger partial charge in [0.25, 0.3) is 0 Å². The van der Waals surface area contributed by atoms with Crippen LogP contribution in [0, 0.1) is 6.92 Å². The second-order valence-corrected chi connectivity index (χ2v) is 5.09. The summed E-state index contributed by atoms with van der Waals surface area (Å²) in [7, 11) is 0. The first kappa shape index (κ1) is 16.0. The van der Waals surface area contributed by atoms with Crippen LogP contribution in [0.4, 0.5) is 10.5 Å². The van der Waals surface area contributed by atoms with E-state index in [2.05, 4.69) is 10.6 Å². The highest BCUT2D eigenvalue weighted by atomic mass is 16.4. The van der Waals surface area contributed by atoms with E-state index in [1.165, 1.54) is 0 Å². The fraction of sp³-hybridized carbons (Fsp3) is 0.467. The Labute approximate surface area is 119 Å². The van der Waals surface area contributed by atoms with Crippen molar-refractivity contribution in [2.24, 2.45) is 0 Å². The van der Waals surface area contributed by atoms with E-state index < -0.39 is 18.0 Å². The van der Waals surface area contributed by atoms with E-state index in [1.807, 2.05) is 39.0 Å². The maximum absolute atomic E-state index is 11.9. The molecule has 0 aromatic heterocycles. The van der Waals surface area contributed by atoms with Crippen LogP contribution in [0.25, 0.3) is 0 Å². The first-order chi connectivity index (χ1) is 9.36. The molecule has 0 heterocycles. The zero-order chi connectivity index (χ0) is 15.3. The van der Waals surface area contributed by atoms with Gasteiger partial charge in [-0.05, 0) is 30.4 Å². The largest absolute Gasteiger partial charge is 0.480 e. The molecule has 0 unspecified atom stereocenters.